The Morgan fingerprint density at radius 1 is 0.963 bits per heavy atom. The Kier molecular flexibility index (Phi) is 7.63. The normalized spacial score (nSPS) is 11.0. The van der Waals surface area contributed by atoms with Crippen molar-refractivity contribution in [1.29, 1.82) is 0 Å². The fourth-order valence-corrected chi connectivity index (χ4v) is 3.46. The van der Waals surface area contributed by atoms with Crippen molar-refractivity contribution in [3.05, 3.63) is 54.1 Å². The Hall–Kier alpha value is -2.58. The highest BCUT2D eigenvalue weighted by atomic mass is 32.2. The van der Waals surface area contributed by atoms with Gasteiger partial charge in [0.25, 0.3) is 5.91 Å². The third kappa shape index (κ3) is 5.97. The molecule has 0 aromatic heterocycles. The van der Waals surface area contributed by atoms with E-state index in [2.05, 4.69) is 5.32 Å². The van der Waals surface area contributed by atoms with Crippen molar-refractivity contribution in [2.24, 2.45) is 0 Å². The van der Waals surface area contributed by atoms with E-state index in [1.54, 1.807) is 19.2 Å². The molecule has 2 rings (SSSR count). The summed E-state index contributed by atoms with van der Waals surface area (Å²) in [6, 6.07) is 13.0. The predicted octanol–water partition coefficient (Wildman–Crippen LogP) is 1.92. The summed E-state index contributed by atoms with van der Waals surface area (Å²) in [5.41, 5.74) is 0.373. The monoisotopic (exact) mass is 393 g/mol. The van der Waals surface area contributed by atoms with E-state index < -0.39 is 9.84 Å². The number of rotatable bonds is 10. The van der Waals surface area contributed by atoms with Crippen LogP contribution >= 0.6 is 0 Å². The minimum Gasteiger partial charge on any atom is -0.493 e. The van der Waals surface area contributed by atoms with Crippen LogP contribution in [-0.4, -0.2) is 54.1 Å². The highest BCUT2D eigenvalue weighted by Crippen LogP contribution is 2.25. The molecule has 0 unspecified atom stereocenters. The Balaban J connectivity index is 1.85. The number of para-hydroxylation sites is 2. The fraction of sp³-hybridized carbons (Fsp3) is 0.316. The van der Waals surface area contributed by atoms with E-state index in [0.717, 1.165) is 0 Å². The molecule has 0 fully saturated rings. The van der Waals surface area contributed by atoms with Crippen molar-refractivity contribution in [2.75, 3.05) is 39.7 Å². The first-order chi connectivity index (χ1) is 13.0. The molecule has 1 amide bonds. The smallest absolute Gasteiger partial charge is 0.251 e. The van der Waals surface area contributed by atoms with Gasteiger partial charge in [-0.3, -0.25) is 4.79 Å². The molecule has 0 aliphatic carbocycles. The van der Waals surface area contributed by atoms with Crippen molar-refractivity contribution in [3.8, 4) is 11.5 Å². The van der Waals surface area contributed by atoms with Gasteiger partial charge in [0, 0.05) is 12.7 Å². The number of nitrogens with one attached hydrogen (secondary N) is 1. The Bertz CT molecular complexity index is 849. The summed E-state index contributed by atoms with van der Waals surface area (Å²) in [5, 5.41) is 2.72. The molecular weight excluding hydrogens is 370 g/mol. The lowest BCUT2D eigenvalue weighted by Crippen LogP contribution is -2.28. The zero-order valence-corrected chi connectivity index (χ0v) is 16.1. The lowest BCUT2D eigenvalue weighted by atomic mass is 10.2. The first-order valence-corrected chi connectivity index (χ1v) is 9.99. The lowest BCUT2D eigenvalue weighted by molar-refractivity contribution is 0.0946. The lowest BCUT2D eigenvalue weighted by Gasteiger charge is -2.11. The molecular formula is C19H23NO6S. The Labute approximate surface area is 159 Å². The molecule has 0 saturated heterocycles. The number of sulfone groups is 1. The molecule has 0 radical (unpaired) electrons. The Morgan fingerprint density at radius 3 is 2.26 bits per heavy atom. The van der Waals surface area contributed by atoms with Crippen LogP contribution in [0.1, 0.15) is 10.4 Å². The number of methoxy groups -OCH3 is 2. The summed E-state index contributed by atoms with van der Waals surface area (Å²) in [6.45, 7) is 0.692. The van der Waals surface area contributed by atoms with Crippen molar-refractivity contribution < 1.29 is 27.4 Å². The van der Waals surface area contributed by atoms with Crippen molar-refractivity contribution in [3.63, 3.8) is 0 Å². The van der Waals surface area contributed by atoms with E-state index in [-0.39, 0.29) is 29.8 Å². The second-order valence-corrected chi connectivity index (χ2v) is 7.70. The minimum atomic E-state index is -3.41. The van der Waals surface area contributed by atoms with Gasteiger partial charge in [0.1, 0.15) is 6.61 Å². The standard InChI is InChI=1S/C19H23NO6S/c1-24-13-14-27(22,23)16-9-7-15(8-10-16)19(21)20-11-12-26-18-6-4-3-5-17(18)25-2/h3-10H,11-14H2,1-2H3,(H,20,21). The number of carbonyl (C=O) groups is 1. The first kappa shape index (κ1) is 20.7. The second kappa shape index (κ2) is 9.94. The third-order valence-corrected chi connectivity index (χ3v) is 5.44. The summed E-state index contributed by atoms with van der Waals surface area (Å²) in [5.74, 6) is 0.809. The number of amides is 1. The van der Waals surface area contributed by atoms with Crippen LogP contribution in [0.2, 0.25) is 0 Å². The molecule has 7 nitrogen and oxygen atoms in total. The first-order valence-electron chi connectivity index (χ1n) is 8.33. The van der Waals surface area contributed by atoms with Crippen LogP contribution in [0.25, 0.3) is 0 Å². The molecule has 146 valence electrons. The fourth-order valence-electron chi connectivity index (χ4n) is 2.29. The van der Waals surface area contributed by atoms with Crippen LogP contribution in [0.4, 0.5) is 0 Å². The largest absolute Gasteiger partial charge is 0.493 e. The van der Waals surface area contributed by atoms with Gasteiger partial charge in [0.05, 0.1) is 30.9 Å². The number of benzene rings is 2. The van der Waals surface area contributed by atoms with Gasteiger partial charge in [-0.15, -0.1) is 0 Å². The van der Waals surface area contributed by atoms with Crippen LogP contribution in [0.5, 0.6) is 11.5 Å². The Morgan fingerprint density at radius 2 is 1.63 bits per heavy atom. The topological polar surface area (TPSA) is 90.9 Å². The van der Waals surface area contributed by atoms with Gasteiger partial charge < -0.3 is 19.5 Å². The van der Waals surface area contributed by atoms with E-state index in [9.17, 15) is 13.2 Å². The third-order valence-electron chi connectivity index (χ3n) is 3.75. The number of hydrogen-bond donors (Lipinski definition) is 1. The SMILES string of the molecule is COCCS(=O)(=O)c1ccc(C(=O)NCCOc2ccccc2OC)cc1. The van der Waals surface area contributed by atoms with Crippen molar-refractivity contribution in [1.82, 2.24) is 5.32 Å². The van der Waals surface area contributed by atoms with Gasteiger partial charge in [0.2, 0.25) is 0 Å². The van der Waals surface area contributed by atoms with Crippen molar-refractivity contribution in [2.45, 2.75) is 4.90 Å². The molecule has 0 saturated carbocycles. The maximum atomic E-state index is 12.2. The average molecular weight is 393 g/mol. The molecule has 0 spiro atoms. The van der Waals surface area contributed by atoms with Gasteiger partial charge in [-0.25, -0.2) is 8.42 Å². The summed E-state index contributed by atoms with van der Waals surface area (Å²) in [6.07, 6.45) is 0. The zero-order chi connectivity index (χ0) is 19.7. The van der Waals surface area contributed by atoms with E-state index >= 15 is 0 Å². The molecule has 0 atom stereocenters. The average Bonchev–Trinajstić information content (AvgIpc) is 2.70. The summed E-state index contributed by atoms with van der Waals surface area (Å²) >= 11 is 0. The number of carbonyl (C=O) groups excluding carboxylic acids is 1. The van der Waals surface area contributed by atoms with Crippen molar-refractivity contribution >= 4 is 15.7 Å². The van der Waals surface area contributed by atoms with E-state index in [0.29, 0.717) is 23.6 Å². The molecule has 8 heteroatoms. The maximum Gasteiger partial charge on any atom is 0.251 e. The second-order valence-electron chi connectivity index (χ2n) is 5.59. The molecule has 0 bridgehead atoms. The molecule has 1 N–H and O–H groups in total. The van der Waals surface area contributed by atoms with Gasteiger partial charge in [-0.2, -0.15) is 0 Å². The summed E-state index contributed by atoms with van der Waals surface area (Å²) in [7, 11) is -0.408. The summed E-state index contributed by atoms with van der Waals surface area (Å²) < 4.78 is 39.7. The quantitative estimate of drug-likeness (QED) is 0.620. The van der Waals surface area contributed by atoms with Gasteiger partial charge in [-0.05, 0) is 36.4 Å². The maximum absolute atomic E-state index is 12.2. The van der Waals surface area contributed by atoms with Gasteiger partial charge >= 0.3 is 0 Å². The predicted molar refractivity (Wildman–Crippen MR) is 101 cm³/mol. The van der Waals surface area contributed by atoms with Crippen LogP contribution in [0.3, 0.4) is 0 Å². The van der Waals surface area contributed by atoms with E-state index in [1.165, 1.54) is 31.4 Å². The zero-order valence-electron chi connectivity index (χ0n) is 15.3. The highest BCUT2D eigenvalue weighted by Gasteiger charge is 2.15. The highest BCUT2D eigenvalue weighted by molar-refractivity contribution is 7.91. The molecule has 0 heterocycles. The van der Waals surface area contributed by atoms with Crippen LogP contribution in [-0.2, 0) is 14.6 Å². The molecule has 2 aromatic carbocycles. The molecule has 0 aliphatic rings. The summed E-state index contributed by atoms with van der Waals surface area (Å²) in [4.78, 5) is 12.3. The van der Waals surface area contributed by atoms with Crippen LogP contribution in [0, 0.1) is 0 Å². The van der Waals surface area contributed by atoms with E-state index in [4.69, 9.17) is 14.2 Å². The van der Waals surface area contributed by atoms with Crippen LogP contribution in [0.15, 0.2) is 53.4 Å². The molecule has 27 heavy (non-hydrogen) atoms. The van der Waals surface area contributed by atoms with Gasteiger partial charge in [-0.1, -0.05) is 12.1 Å². The minimum absolute atomic E-state index is 0.102. The molecule has 0 aliphatic heterocycles. The van der Waals surface area contributed by atoms with Crippen LogP contribution < -0.4 is 14.8 Å². The molecule has 2 aromatic rings. The van der Waals surface area contributed by atoms with Gasteiger partial charge in [0.15, 0.2) is 21.3 Å². The number of ether oxygens (including phenoxy) is 3. The van der Waals surface area contributed by atoms with E-state index in [1.807, 2.05) is 12.1 Å². The number of hydrogen-bond acceptors (Lipinski definition) is 6.